The zero-order chi connectivity index (χ0) is 15.2. The Balaban J connectivity index is 1.82. The molecule has 0 unspecified atom stereocenters. The van der Waals surface area contributed by atoms with Crippen LogP contribution in [0.25, 0.3) is 0 Å². The maximum absolute atomic E-state index is 12.1. The normalized spacial score (nSPS) is 10.2. The van der Waals surface area contributed by atoms with Gasteiger partial charge in [-0.15, -0.1) is 0 Å². The molecule has 0 radical (unpaired) electrons. The van der Waals surface area contributed by atoms with Gasteiger partial charge in [-0.25, -0.2) is 0 Å². The highest BCUT2D eigenvalue weighted by Crippen LogP contribution is 2.14. The topological polar surface area (TPSA) is 64.3 Å². The van der Waals surface area contributed by atoms with Crippen LogP contribution in [0.4, 0.5) is 5.69 Å². The van der Waals surface area contributed by atoms with E-state index in [2.05, 4.69) is 5.32 Å². The quantitative estimate of drug-likeness (QED) is 0.655. The van der Waals surface area contributed by atoms with Crippen molar-refractivity contribution >= 4 is 11.6 Å². The second kappa shape index (κ2) is 6.79. The monoisotopic (exact) mass is 284 g/mol. The second-order valence-corrected chi connectivity index (χ2v) is 5.00. The molecular formula is C17H20N2O2. The highest BCUT2D eigenvalue weighted by atomic mass is 16.5. The first-order valence-electron chi connectivity index (χ1n) is 6.90. The molecule has 3 N–H and O–H groups in total. The minimum absolute atomic E-state index is 0.0799. The molecule has 1 amide bonds. The number of hydrogen-bond donors (Lipinski definition) is 2. The molecule has 0 aliphatic carbocycles. The van der Waals surface area contributed by atoms with Crippen molar-refractivity contribution < 1.29 is 9.53 Å². The lowest BCUT2D eigenvalue weighted by Gasteiger charge is -2.10. The highest BCUT2D eigenvalue weighted by Gasteiger charge is 2.08. The van der Waals surface area contributed by atoms with Crippen molar-refractivity contribution in [1.82, 2.24) is 5.32 Å². The third kappa shape index (κ3) is 4.24. The number of nitrogens with two attached hydrogens (primary N) is 1. The van der Waals surface area contributed by atoms with E-state index in [9.17, 15) is 4.79 Å². The molecule has 0 bridgehead atoms. The van der Waals surface area contributed by atoms with Crippen LogP contribution in [-0.2, 0) is 0 Å². The third-order valence-electron chi connectivity index (χ3n) is 3.14. The molecule has 0 aliphatic rings. The Morgan fingerprint density at radius 3 is 2.71 bits per heavy atom. The number of carbonyl (C=O) groups excluding carboxylic acids is 1. The molecule has 2 aromatic carbocycles. The second-order valence-electron chi connectivity index (χ2n) is 5.00. The molecule has 110 valence electrons. The maximum atomic E-state index is 12.1. The van der Waals surface area contributed by atoms with E-state index < -0.39 is 0 Å². The van der Waals surface area contributed by atoms with Gasteiger partial charge in [0.1, 0.15) is 12.4 Å². The molecule has 4 nitrogen and oxygen atoms in total. The fourth-order valence-electron chi connectivity index (χ4n) is 2.10. The van der Waals surface area contributed by atoms with Crippen LogP contribution in [0.15, 0.2) is 42.5 Å². The number of benzene rings is 2. The number of aryl methyl sites for hydroxylation is 2. The van der Waals surface area contributed by atoms with Gasteiger partial charge < -0.3 is 15.8 Å². The van der Waals surface area contributed by atoms with Gasteiger partial charge in [-0.3, -0.25) is 4.79 Å². The van der Waals surface area contributed by atoms with Crippen molar-refractivity contribution in [3.63, 3.8) is 0 Å². The van der Waals surface area contributed by atoms with Gasteiger partial charge in [0.05, 0.1) is 6.54 Å². The van der Waals surface area contributed by atoms with Gasteiger partial charge in [-0.2, -0.15) is 0 Å². The van der Waals surface area contributed by atoms with Crippen LogP contribution in [0.5, 0.6) is 5.75 Å². The highest BCUT2D eigenvalue weighted by molar-refractivity contribution is 5.95. The fourth-order valence-corrected chi connectivity index (χ4v) is 2.10. The molecule has 0 atom stereocenters. The van der Waals surface area contributed by atoms with Crippen molar-refractivity contribution in [3.8, 4) is 5.75 Å². The first kappa shape index (κ1) is 14.9. The van der Waals surface area contributed by atoms with Gasteiger partial charge in [0, 0.05) is 17.3 Å². The summed E-state index contributed by atoms with van der Waals surface area (Å²) in [5.41, 5.74) is 9.15. The van der Waals surface area contributed by atoms with Gasteiger partial charge in [-0.05, 0) is 37.6 Å². The molecule has 4 heteroatoms. The Hall–Kier alpha value is -2.49. The number of anilines is 1. The summed E-state index contributed by atoms with van der Waals surface area (Å²) in [5, 5.41) is 2.85. The van der Waals surface area contributed by atoms with E-state index in [4.69, 9.17) is 10.5 Å². The number of carbonyl (C=O) groups is 1. The molecule has 0 saturated carbocycles. The molecule has 2 rings (SSSR count). The Morgan fingerprint density at radius 2 is 2.00 bits per heavy atom. The molecule has 21 heavy (non-hydrogen) atoms. The van der Waals surface area contributed by atoms with E-state index in [-0.39, 0.29) is 5.91 Å². The van der Waals surface area contributed by atoms with Crippen LogP contribution in [0.1, 0.15) is 21.5 Å². The van der Waals surface area contributed by atoms with Gasteiger partial charge in [0.25, 0.3) is 5.91 Å². The largest absolute Gasteiger partial charge is 0.492 e. The Bertz CT molecular complexity index is 638. The lowest BCUT2D eigenvalue weighted by atomic mass is 10.1. The number of nitrogen functional groups attached to an aromatic ring is 1. The summed E-state index contributed by atoms with van der Waals surface area (Å²) in [6.45, 7) is 4.79. The average Bonchev–Trinajstić information content (AvgIpc) is 2.43. The first-order valence-corrected chi connectivity index (χ1v) is 6.90. The molecule has 0 aliphatic heterocycles. The predicted octanol–water partition coefficient (Wildman–Crippen LogP) is 2.69. The van der Waals surface area contributed by atoms with Crippen molar-refractivity contribution in [2.45, 2.75) is 13.8 Å². The average molecular weight is 284 g/mol. The van der Waals surface area contributed by atoms with Crippen molar-refractivity contribution in [2.24, 2.45) is 0 Å². The number of hydrogen-bond acceptors (Lipinski definition) is 3. The van der Waals surface area contributed by atoms with E-state index in [1.807, 2.05) is 44.2 Å². The zero-order valence-corrected chi connectivity index (χ0v) is 12.3. The Kier molecular flexibility index (Phi) is 4.82. The summed E-state index contributed by atoms with van der Waals surface area (Å²) in [4.78, 5) is 12.1. The van der Waals surface area contributed by atoms with Crippen LogP contribution in [-0.4, -0.2) is 19.1 Å². The van der Waals surface area contributed by atoms with Crippen LogP contribution in [0, 0.1) is 13.8 Å². The SMILES string of the molecule is Cc1ccc(C(=O)NCCOc2cccc(N)c2)c(C)c1. The van der Waals surface area contributed by atoms with E-state index in [1.165, 1.54) is 0 Å². The van der Waals surface area contributed by atoms with E-state index >= 15 is 0 Å². The molecule has 0 fully saturated rings. The van der Waals surface area contributed by atoms with Gasteiger partial charge >= 0.3 is 0 Å². The third-order valence-corrected chi connectivity index (χ3v) is 3.14. The Labute approximate surface area is 124 Å². The smallest absolute Gasteiger partial charge is 0.251 e. The lowest BCUT2D eigenvalue weighted by Crippen LogP contribution is -2.28. The van der Waals surface area contributed by atoms with Gasteiger partial charge in [0.15, 0.2) is 0 Å². The molecule has 0 saturated heterocycles. The van der Waals surface area contributed by atoms with Crippen LogP contribution < -0.4 is 15.8 Å². The van der Waals surface area contributed by atoms with Gasteiger partial charge in [-0.1, -0.05) is 23.8 Å². The van der Waals surface area contributed by atoms with Crippen LogP contribution in [0.3, 0.4) is 0 Å². The summed E-state index contributed by atoms with van der Waals surface area (Å²) in [7, 11) is 0. The number of amides is 1. The molecule has 0 aromatic heterocycles. The first-order chi connectivity index (χ1) is 10.1. The van der Waals surface area contributed by atoms with E-state index in [0.717, 1.165) is 11.1 Å². The van der Waals surface area contributed by atoms with Crippen molar-refractivity contribution in [1.29, 1.82) is 0 Å². The summed E-state index contributed by atoms with van der Waals surface area (Å²) in [6.07, 6.45) is 0. The number of ether oxygens (including phenoxy) is 1. The summed E-state index contributed by atoms with van der Waals surface area (Å²) < 4.78 is 5.53. The zero-order valence-electron chi connectivity index (χ0n) is 12.3. The van der Waals surface area contributed by atoms with Crippen molar-refractivity contribution in [3.05, 3.63) is 59.2 Å². The summed E-state index contributed by atoms with van der Waals surface area (Å²) >= 11 is 0. The molecular weight excluding hydrogens is 264 g/mol. The maximum Gasteiger partial charge on any atom is 0.251 e. The number of nitrogens with one attached hydrogen (secondary N) is 1. The Morgan fingerprint density at radius 1 is 1.19 bits per heavy atom. The van der Waals surface area contributed by atoms with Gasteiger partial charge in [0.2, 0.25) is 0 Å². The van der Waals surface area contributed by atoms with E-state index in [0.29, 0.717) is 30.2 Å². The van der Waals surface area contributed by atoms with Crippen molar-refractivity contribution in [2.75, 3.05) is 18.9 Å². The van der Waals surface area contributed by atoms with Crippen LogP contribution in [0.2, 0.25) is 0 Å². The minimum Gasteiger partial charge on any atom is -0.492 e. The van der Waals surface area contributed by atoms with E-state index in [1.54, 1.807) is 12.1 Å². The van der Waals surface area contributed by atoms with Crippen LogP contribution >= 0.6 is 0 Å². The number of rotatable bonds is 5. The summed E-state index contributed by atoms with van der Waals surface area (Å²) in [6, 6.07) is 13.0. The predicted molar refractivity (Wildman–Crippen MR) is 84.6 cm³/mol. The molecule has 2 aromatic rings. The summed E-state index contributed by atoms with van der Waals surface area (Å²) in [5.74, 6) is 0.624. The minimum atomic E-state index is -0.0799. The fraction of sp³-hybridized carbons (Fsp3) is 0.235. The molecule has 0 heterocycles. The standard InChI is InChI=1S/C17H20N2O2/c1-12-6-7-16(13(2)10-12)17(20)19-8-9-21-15-5-3-4-14(18)11-15/h3-7,10-11H,8-9,18H2,1-2H3,(H,19,20). The lowest BCUT2D eigenvalue weighted by molar-refractivity contribution is 0.0946. The molecule has 0 spiro atoms.